The SMILES string of the molecule is O=C(CCCn1nc(-c2ccccc2)ccc1=O)NC1CCCCC1. The van der Waals surface area contributed by atoms with Crippen molar-refractivity contribution in [3.05, 3.63) is 52.8 Å². The van der Waals surface area contributed by atoms with Gasteiger partial charge in [-0.05, 0) is 25.3 Å². The molecule has 0 saturated heterocycles. The number of nitrogens with zero attached hydrogens (tertiary/aromatic N) is 2. The number of hydrogen-bond donors (Lipinski definition) is 1. The van der Waals surface area contributed by atoms with Crippen LogP contribution >= 0.6 is 0 Å². The summed E-state index contributed by atoms with van der Waals surface area (Å²) in [4.78, 5) is 24.1. The lowest BCUT2D eigenvalue weighted by atomic mass is 9.95. The third-order valence-corrected chi connectivity index (χ3v) is 4.68. The highest BCUT2D eigenvalue weighted by Crippen LogP contribution is 2.17. The van der Waals surface area contributed by atoms with Crippen molar-refractivity contribution in [3.8, 4) is 11.3 Å². The van der Waals surface area contributed by atoms with Crippen molar-refractivity contribution in [3.63, 3.8) is 0 Å². The Hall–Kier alpha value is -2.43. The molecular weight excluding hydrogens is 314 g/mol. The topological polar surface area (TPSA) is 64.0 Å². The second-order valence-corrected chi connectivity index (χ2v) is 6.65. The zero-order valence-electron chi connectivity index (χ0n) is 14.5. The molecule has 0 aliphatic heterocycles. The minimum Gasteiger partial charge on any atom is -0.353 e. The molecule has 3 rings (SSSR count). The summed E-state index contributed by atoms with van der Waals surface area (Å²) in [5.74, 6) is 0.0826. The molecule has 0 bridgehead atoms. The van der Waals surface area contributed by atoms with E-state index in [9.17, 15) is 9.59 Å². The number of carbonyl (C=O) groups excluding carboxylic acids is 1. The van der Waals surface area contributed by atoms with E-state index in [1.54, 1.807) is 6.07 Å². The van der Waals surface area contributed by atoms with Crippen LogP contribution in [0, 0.1) is 0 Å². The molecule has 1 N–H and O–H groups in total. The molecule has 1 aromatic carbocycles. The Labute approximate surface area is 148 Å². The van der Waals surface area contributed by atoms with Crippen LogP contribution in [-0.4, -0.2) is 21.7 Å². The largest absolute Gasteiger partial charge is 0.353 e. The molecule has 0 atom stereocenters. The highest BCUT2D eigenvalue weighted by atomic mass is 16.1. The average molecular weight is 339 g/mol. The van der Waals surface area contributed by atoms with Crippen LogP contribution in [0.5, 0.6) is 0 Å². The first-order valence-electron chi connectivity index (χ1n) is 9.15. The number of benzene rings is 1. The van der Waals surface area contributed by atoms with E-state index >= 15 is 0 Å². The van der Waals surface area contributed by atoms with Crippen LogP contribution in [0.15, 0.2) is 47.3 Å². The maximum absolute atomic E-state index is 12.1. The third-order valence-electron chi connectivity index (χ3n) is 4.68. The van der Waals surface area contributed by atoms with E-state index in [1.165, 1.54) is 30.0 Å². The fourth-order valence-electron chi connectivity index (χ4n) is 3.31. The molecule has 5 nitrogen and oxygen atoms in total. The fraction of sp³-hybridized carbons (Fsp3) is 0.450. The molecule has 1 heterocycles. The number of aromatic nitrogens is 2. The van der Waals surface area contributed by atoms with Crippen molar-refractivity contribution in [1.82, 2.24) is 15.1 Å². The smallest absolute Gasteiger partial charge is 0.266 e. The van der Waals surface area contributed by atoms with E-state index in [-0.39, 0.29) is 11.5 Å². The monoisotopic (exact) mass is 339 g/mol. The van der Waals surface area contributed by atoms with Crippen LogP contribution in [0.25, 0.3) is 11.3 Å². The Bertz CT molecular complexity index is 749. The van der Waals surface area contributed by atoms with Crippen molar-refractivity contribution in [2.45, 2.75) is 57.5 Å². The fourth-order valence-corrected chi connectivity index (χ4v) is 3.31. The molecule has 132 valence electrons. The van der Waals surface area contributed by atoms with E-state index in [1.807, 2.05) is 30.3 Å². The molecule has 0 unspecified atom stereocenters. The Morgan fingerprint density at radius 2 is 1.84 bits per heavy atom. The van der Waals surface area contributed by atoms with Gasteiger partial charge in [-0.3, -0.25) is 9.59 Å². The second-order valence-electron chi connectivity index (χ2n) is 6.65. The number of hydrogen-bond acceptors (Lipinski definition) is 3. The summed E-state index contributed by atoms with van der Waals surface area (Å²) in [5, 5.41) is 7.54. The summed E-state index contributed by atoms with van der Waals surface area (Å²) in [6.45, 7) is 0.456. The number of amides is 1. The van der Waals surface area contributed by atoms with Crippen LogP contribution in [0.1, 0.15) is 44.9 Å². The highest BCUT2D eigenvalue weighted by molar-refractivity contribution is 5.76. The lowest BCUT2D eigenvalue weighted by Gasteiger charge is -2.22. The lowest BCUT2D eigenvalue weighted by molar-refractivity contribution is -0.122. The second kappa shape index (κ2) is 8.60. The van der Waals surface area contributed by atoms with Gasteiger partial charge in [0.25, 0.3) is 5.56 Å². The molecule has 1 amide bonds. The molecule has 2 aromatic rings. The predicted octanol–water partition coefficient (Wildman–Crippen LogP) is 3.14. The van der Waals surface area contributed by atoms with Crippen molar-refractivity contribution >= 4 is 5.91 Å². The molecular formula is C20H25N3O2. The van der Waals surface area contributed by atoms with Gasteiger partial charge < -0.3 is 5.32 Å². The van der Waals surface area contributed by atoms with E-state index in [4.69, 9.17) is 0 Å². The Kier molecular flexibility index (Phi) is 5.99. The maximum Gasteiger partial charge on any atom is 0.266 e. The molecule has 1 aromatic heterocycles. The molecule has 1 aliphatic rings. The van der Waals surface area contributed by atoms with Gasteiger partial charge in [-0.15, -0.1) is 0 Å². The summed E-state index contributed by atoms with van der Waals surface area (Å²) >= 11 is 0. The highest BCUT2D eigenvalue weighted by Gasteiger charge is 2.15. The number of rotatable bonds is 6. The predicted molar refractivity (Wildman–Crippen MR) is 98.2 cm³/mol. The zero-order chi connectivity index (χ0) is 17.5. The first-order chi connectivity index (χ1) is 12.2. The Balaban J connectivity index is 1.54. The van der Waals surface area contributed by atoms with E-state index in [0.717, 1.165) is 24.1 Å². The van der Waals surface area contributed by atoms with Crippen molar-refractivity contribution < 1.29 is 4.79 Å². The third kappa shape index (κ3) is 5.02. The van der Waals surface area contributed by atoms with Crippen LogP contribution in [0.2, 0.25) is 0 Å². The van der Waals surface area contributed by atoms with Crippen molar-refractivity contribution in [2.24, 2.45) is 0 Å². The first-order valence-corrected chi connectivity index (χ1v) is 9.15. The van der Waals surface area contributed by atoms with E-state index < -0.39 is 0 Å². The zero-order valence-corrected chi connectivity index (χ0v) is 14.5. The summed E-state index contributed by atoms with van der Waals surface area (Å²) in [5.41, 5.74) is 1.62. The number of aryl methyl sites for hydroxylation is 1. The molecule has 1 saturated carbocycles. The van der Waals surface area contributed by atoms with Crippen molar-refractivity contribution in [2.75, 3.05) is 0 Å². The first kappa shape index (κ1) is 17.4. The van der Waals surface area contributed by atoms with Gasteiger partial charge in [0.2, 0.25) is 5.91 Å². The van der Waals surface area contributed by atoms with E-state index in [2.05, 4.69) is 10.4 Å². The molecule has 25 heavy (non-hydrogen) atoms. The van der Waals surface area contributed by atoms with Gasteiger partial charge in [0.05, 0.1) is 5.69 Å². The molecule has 1 fully saturated rings. The summed E-state index contributed by atoms with van der Waals surface area (Å²) in [6, 6.07) is 13.4. The number of carbonyl (C=O) groups is 1. The van der Waals surface area contributed by atoms with Crippen LogP contribution in [0.4, 0.5) is 0 Å². The van der Waals surface area contributed by atoms with E-state index in [0.29, 0.717) is 25.4 Å². The summed E-state index contributed by atoms with van der Waals surface area (Å²) < 4.78 is 1.45. The maximum atomic E-state index is 12.1. The van der Waals surface area contributed by atoms with Gasteiger partial charge >= 0.3 is 0 Å². The van der Waals surface area contributed by atoms with Gasteiger partial charge in [-0.2, -0.15) is 5.10 Å². The lowest BCUT2D eigenvalue weighted by Crippen LogP contribution is -2.36. The van der Waals surface area contributed by atoms with Crippen LogP contribution in [-0.2, 0) is 11.3 Å². The normalized spacial score (nSPS) is 15.0. The summed E-state index contributed by atoms with van der Waals surface area (Å²) in [7, 11) is 0. The standard InChI is InChI=1S/C20H25N3O2/c24-19(21-17-10-5-2-6-11-17)12-7-15-23-20(25)14-13-18(22-23)16-8-3-1-4-9-16/h1,3-4,8-9,13-14,17H,2,5-7,10-12,15H2,(H,21,24). The molecule has 1 aliphatic carbocycles. The Morgan fingerprint density at radius 3 is 2.60 bits per heavy atom. The Morgan fingerprint density at radius 1 is 1.08 bits per heavy atom. The quantitative estimate of drug-likeness (QED) is 0.879. The average Bonchev–Trinajstić information content (AvgIpc) is 2.65. The minimum atomic E-state index is -0.132. The summed E-state index contributed by atoms with van der Waals surface area (Å²) in [6.07, 6.45) is 6.91. The molecule has 0 spiro atoms. The van der Waals surface area contributed by atoms with Gasteiger partial charge in [0.1, 0.15) is 0 Å². The number of nitrogens with one attached hydrogen (secondary N) is 1. The minimum absolute atomic E-state index is 0.0826. The van der Waals surface area contributed by atoms with Crippen molar-refractivity contribution in [1.29, 1.82) is 0 Å². The molecule has 5 heteroatoms. The van der Waals surface area contributed by atoms with Crippen LogP contribution in [0.3, 0.4) is 0 Å². The van der Waals surface area contributed by atoms with Crippen LogP contribution < -0.4 is 10.9 Å². The van der Waals surface area contributed by atoms with Gasteiger partial charge in [-0.1, -0.05) is 49.6 Å². The van der Waals surface area contributed by atoms with Gasteiger partial charge in [-0.25, -0.2) is 4.68 Å². The molecule has 0 radical (unpaired) electrons. The van der Waals surface area contributed by atoms with Gasteiger partial charge in [0, 0.05) is 30.6 Å². The van der Waals surface area contributed by atoms with Gasteiger partial charge in [0.15, 0.2) is 0 Å².